The molecule has 1 aromatic heterocycles. The number of amides is 2. The lowest BCUT2D eigenvalue weighted by molar-refractivity contribution is -0.127. The number of likely N-dealkylation sites (tertiary alicyclic amines) is 2. The molecule has 160 valence electrons. The molecule has 30 heavy (non-hydrogen) atoms. The molecule has 1 atom stereocenters. The summed E-state index contributed by atoms with van der Waals surface area (Å²) in [5, 5.41) is 3.11. The Morgan fingerprint density at radius 3 is 2.53 bits per heavy atom. The van der Waals surface area contributed by atoms with Gasteiger partial charge in [0.2, 0.25) is 5.91 Å². The summed E-state index contributed by atoms with van der Waals surface area (Å²) in [6, 6.07) is 12.3. The highest BCUT2D eigenvalue weighted by molar-refractivity contribution is 5.95. The third-order valence-corrected chi connectivity index (χ3v) is 6.49. The topological polar surface area (TPSA) is 65.8 Å². The van der Waals surface area contributed by atoms with Gasteiger partial charge in [-0.15, -0.1) is 0 Å². The summed E-state index contributed by atoms with van der Waals surface area (Å²) < 4.78 is 5.28. The van der Waals surface area contributed by atoms with E-state index < -0.39 is 0 Å². The summed E-state index contributed by atoms with van der Waals surface area (Å²) in [6.07, 6.45) is 5.50. The van der Waals surface area contributed by atoms with Crippen LogP contribution in [0.5, 0.6) is 0 Å². The molecular weight excluding hydrogens is 378 g/mol. The molecule has 1 aromatic carbocycles. The lowest BCUT2D eigenvalue weighted by Crippen LogP contribution is -2.51. The minimum Gasteiger partial charge on any atom is -0.469 e. The van der Waals surface area contributed by atoms with Crippen molar-refractivity contribution in [1.29, 1.82) is 0 Å². The third-order valence-electron chi connectivity index (χ3n) is 6.49. The molecule has 2 aromatic rings. The summed E-state index contributed by atoms with van der Waals surface area (Å²) in [6.45, 7) is 5.80. The van der Waals surface area contributed by atoms with E-state index in [1.807, 2.05) is 42.2 Å². The van der Waals surface area contributed by atoms with Gasteiger partial charge in [-0.25, -0.2) is 0 Å². The van der Waals surface area contributed by atoms with Gasteiger partial charge in [-0.05, 0) is 50.8 Å². The van der Waals surface area contributed by atoms with Crippen LogP contribution >= 0.6 is 0 Å². The maximum absolute atomic E-state index is 12.7. The summed E-state index contributed by atoms with van der Waals surface area (Å²) in [5.74, 6) is 0.960. The van der Waals surface area contributed by atoms with Gasteiger partial charge in [-0.1, -0.05) is 30.3 Å². The molecule has 1 unspecified atom stereocenters. The third kappa shape index (κ3) is 4.75. The van der Waals surface area contributed by atoms with Crippen LogP contribution in [0, 0.1) is 12.8 Å². The highest BCUT2D eigenvalue weighted by Gasteiger charge is 2.33. The van der Waals surface area contributed by atoms with Crippen LogP contribution in [0.2, 0.25) is 0 Å². The number of carbonyl (C=O) groups excluding carboxylic acids is 2. The SMILES string of the molecule is Cc1occc1C(=O)N1CCC(N2CCCC(C(=O)NCc3ccccc3)C2)CC1. The molecule has 6 nitrogen and oxygen atoms in total. The van der Waals surface area contributed by atoms with Crippen molar-refractivity contribution in [1.82, 2.24) is 15.1 Å². The smallest absolute Gasteiger partial charge is 0.257 e. The zero-order valence-electron chi connectivity index (χ0n) is 17.7. The van der Waals surface area contributed by atoms with Crippen LogP contribution in [0.15, 0.2) is 47.1 Å². The van der Waals surface area contributed by atoms with Crippen molar-refractivity contribution in [2.45, 2.75) is 45.2 Å². The Morgan fingerprint density at radius 1 is 1.07 bits per heavy atom. The molecule has 0 saturated carbocycles. The molecule has 0 aliphatic carbocycles. The van der Waals surface area contributed by atoms with Gasteiger partial charge in [0.05, 0.1) is 17.7 Å². The first-order valence-electron chi connectivity index (χ1n) is 11.0. The lowest BCUT2D eigenvalue weighted by atomic mass is 9.93. The summed E-state index contributed by atoms with van der Waals surface area (Å²) in [4.78, 5) is 29.8. The zero-order valence-corrected chi connectivity index (χ0v) is 17.7. The number of benzene rings is 1. The van der Waals surface area contributed by atoms with E-state index in [1.54, 1.807) is 12.3 Å². The number of furan rings is 1. The van der Waals surface area contributed by atoms with Crippen molar-refractivity contribution in [3.63, 3.8) is 0 Å². The largest absolute Gasteiger partial charge is 0.469 e. The quantitative estimate of drug-likeness (QED) is 0.824. The second-order valence-corrected chi connectivity index (χ2v) is 8.45. The first kappa shape index (κ1) is 20.7. The Morgan fingerprint density at radius 2 is 1.83 bits per heavy atom. The average Bonchev–Trinajstić information content (AvgIpc) is 3.23. The van der Waals surface area contributed by atoms with Crippen LogP contribution < -0.4 is 5.32 Å². The molecule has 0 bridgehead atoms. The highest BCUT2D eigenvalue weighted by Crippen LogP contribution is 2.25. The van der Waals surface area contributed by atoms with Crippen LogP contribution in [-0.4, -0.2) is 53.8 Å². The van der Waals surface area contributed by atoms with Crippen LogP contribution in [0.1, 0.15) is 47.4 Å². The van der Waals surface area contributed by atoms with Gasteiger partial charge in [-0.3, -0.25) is 14.5 Å². The van der Waals surface area contributed by atoms with E-state index >= 15 is 0 Å². The number of nitrogens with zero attached hydrogens (tertiary/aromatic N) is 2. The second kappa shape index (κ2) is 9.47. The van der Waals surface area contributed by atoms with Gasteiger partial charge >= 0.3 is 0 Å². The van der Waals surface area contributed by atoms with Gasteiger partial charge in [0.1, 0.15) is 5.76 Å². The first-order valence-corrected chi connectivity index (χ1v) is 11.0. The second-order valence-electron chi connectivity index (χ2n) is 8.45. The molecule has 6 heteroatoms. The van der Waals surface area contributed by atoms with E-state index in [0.29, 0.717) is 23.9 Å². The normalized spacial score (nSPS) is 20.8. The summed E-state index contributed by atoms with van der Waals surface area (Å²) >= 11 is 0. The molecule has 3 heterocycles. The van der Waals surface area contributed by atoms with E-state index in [4.69, 9.17) is 4.42 Å². The van der Waals surface area contributed by atoms with Gasteiger partial charge in [0.15, 0.2) is 0 Å². The molecule has 4 rings (SSSR count). The fourth-order valence-corrected chi connectivity index (χ4v) is 4.69. The van der Waals surface area contributed by atoms with Crippen LogP contribution in [0.3, 0.4) is 0 Å². The highest BCUT2D eigenvalue weighted by atomic mass is 16.3. The van der Waals surface area contributed by atoms with Gasteiger partial charge in [0, 0.05) is 32.2 Å². The van der Waals surface area contributed by atoms with Gasteiger partial charge in [-0.2, -0.15) is 0 Å². The first-order chi connectivity index (χ1) is 14.6. The minimum atomic E-state index is 0.0516. The Kier molecular flexibility index (Phi) is 6.53. The minimum absolute atomic E-state index is 0.0516. The van der Waals surface area contributed by atoms with E-state index in [0.717, 1.165) is 57.4 Å². The molecule has 2 aliphatic rings. The van der Waals surface area contributed by atoms with Crippen LogP contribution in [-0.2, 0) is 11.3 Å². The molecule has 2 aliphatic heterocycles. The van der Waals surface area contributed by atoms with Crippen molar-refractivity contribution < 1.29 is 14.0 Å². The molecule has 2 fully saturated rings. The zero-order chi connectivity index (χ0) is 20.9. The van der Waals surface area contributed by atoms with Crippen molar-refractivity contribution in [3.8, 4) is 0 Å². The van der Waals surface area contributed by atoms with E-state index in [9.17, 15) is 9.59 Å². The average molecular weight is 410 g/mol. The fourth-order valence-electron chi connectivity index (χ4n) is 4.69. The van der Waals surface area contributed by atoms with Crippen molar-refractivity contribution in [2.75, 3.05) is 26.2 Å². The van der Waals surface area contributed by atoms with Crippen molar-refractivity contribution >= 4 is 11.8 Å². The Balaban J connectivity index is 1.26. The fraction of sp³-hybridized carbons (Fsp3) is 0.500. The predicted octanol–water partition coefficient (Wildman–Crippen LogP) is 3.22. The maximum Gasteiger partial charge on any atom is 0.257 e. The molecule has 2 amide bonds. The number of carbonyl (C=O) groups is 2. The molecule has 2 saturated heterocycles. The number of hydrogen-bond acceptors (Lipinski definition) is 4. The van der Waals surface area contributed by atoms with Crippen LogP contribution in [0.4, 0.5) is 0 Å². The Labute approximate surface area is 178 Å². The Hall–Kier alpha value is -2.60. The molecule has 0 spiro atoms. The van der Waals surface area contributed by atoms with Crippen molar-refractivity contribution in [2.24, 2.45) is 5.92 Å². The summed E-state index contributed by atoms with van der Waals surface area (Å²) in [5.41, 5.74) is 1.80. The standard InChI is InChI=1S/C24H31N3O3/c1-18-22(11-15-30-18)24(29)26-13-9-21(10-14-26)27-12-5-8-20(17-27)23(28)25-16-19-6-3-2-4-7-19/h2-4,6-7,11,15,20-21H,5,8-10,12-14,16-17H2,1H3,(H,25,28). The number of piperidine rings is 2. The Bertz CT molecular complexity index is 856. The number of rotatable bonds is 5. The number of nitrogens with one attached hydrogen (secondary N) is 1. The predicted molar refractivity (Wildman–Crippen MR) is 115 cm³/mol. The molecule has 0 radical (unpaired) electrons. The van der Waals surface area contributed by atoms with Gasteiger partial charge in [0.25, 0.3) is 5.91 Å². The lowest BCUT2D eigenvalue weighted by Gasteiger charge is -2.42. The molecular formula is C24H31N3O3. The van der Waals surface area contributed by atoms with E-state index in [2.05, 4.69) is 10.2 Å². The van der Waals surface area contributed by atoms with E-state index in [1.165, 1.54) is 0 Å². The van der Waals surface area contributed by atoms with Crippen LogP contribution in [0.25, 0.3) is 0 Å². The molecule has 1 N–H and O–H groups in total. The number of hydrogen-bond donors (Lipinski definition) is 1. The maximum atomic E-state index is 12.7. The van der Waals surface area contributed by atoms with Gasteiger partial charge < -0.3 is 14.6 Å². The summed E-state index contributed by atoms with van der Waals surface area (Å²) in [7, 11) is 0. The monoisotopic (exact) mass is 409 g/mol. The van der Waals surface area contributed by atoms with Crippen molar-refractivity contribution in [3.05, 3.63) is 59.5 Å². The number of aryl methyl sites for hydroxylation is 1. The van der Waals surface area contributed by atoms with E-state index in [-0.39, 0.29) is 17.7 Å².